The fraction of sp³-hybridized carbons (Fsp3) is 0.500. The van der Waals surface area contributed by atoms with Gasteiger partial charge in [-0.1, -0.05) is 30.3 Å². The number of furan rings is 1. The molecule has 8 heteroatoms. The van der Waals surface area contributed by atoms with Crippen LogP contribution in [0.1, 0.15) is 30.6 Å². The number of rotatable bonds is 11. The summed E-state index contributed by atoms with van der Waals surface area (Å²) in [5.74, 6) is 2.64. The van der Waals surface area contributed by atoms with Crippen molar-refractivity contribution >= 4 is 27.7 Å². The number of carbonyl (C=O) groups excluding carboxylic acids is 1. The largest absolute Gasteiger partial charge is 0.468 e. The lowest BCUT2D eigenvalue weighted by Crippen LogP contribution is -2.44. The highest BCUT2D eigenvalue weighted by atomic mass is 32.2. The standard InChI is InChI=1S/C22H30N2O4S2/c25-22(23-12-16-29-18-21-9-4-15-28-21)20-10-13-24(14-11-20)30(26,27)17-5-8-19-6-2-1-3-7-19/h1-4,6-7,9,15,20H,5,8,10-14,16-18H2,(H,23,25). The van der Waals surface area contributed by atoms with Crippen LogP contribution in [0.4, 0.5) is 0 Å². The molecule has 1 amide bonds. The molecule has 0 bridgehead atoms. The number of sulfonamides is 1. The van der Waals surface area contributed by atoms with Crippen molar-refractivity contribution < 1.29 is 17.6 Å². The Kier molecular flexibility index (Phi) is 8.84. The van der Waals surface area contributed by atoms with Crippen molar-refractivity contribution in [3.8, 4) is 0 Å². The van der Waals surface area contributed by atoms with E-state index in [1.54, 1.807) is 22.3 Å². The fourth-order valence-corrected chi connectivity index (χ4v) is 5.88. The van der Waals surface area contributed by atoms with Crippen LogP contribution in [0.2, 0.25) is 0 Å². The number of aryl methyl sites for hydroxylation is 1. The van der Waals surface area contributed by atoms with E-state index in [-0.39, 0.29) is 17.6 Å². The number of amides is 1. The zero-order valence-corrected chi connectivity index (χ0v) is 18.8. The first-order valence-corrected chi connectivity index (χ1v) is 13.2. The minimum Gasteiger partial charge on any atom is -0.468 e. The maximum Gasteiger partial charge on any atom is 0.223 e. The van der Waals surface area contributed by atoms with Gasteiger partial charge in [0.2, 0.25) is 15.9 Å². The van der Waals surface area contributed by atoms with Gasteiger partial charge in [-0.05, 0) is 43.4 Å². The predicted molar refractivity (Wildman–Crippen MR) is 121 cm³/mol. The van der Waals surface area contributed by atoms with Gasteiger partial charge in [-0.2, -0.15) is 11.8 Å². The first-order chi connectivity index (χ1) is 14.5. The van der Waals surface area contributed by atoms with Crippen LogP contribution in [-0.2, 0) is 27.0 Å². The lowest BCUT2D eigenvalue weighted by molar-refractivity contribution is -0.125. The van der Waals surface area contributed by atoms with Crippen molar-refractivity contribution in [3.05, 3.63) is 60.1 Å². The van der Waals surface area contributed by atoms with E-state index in [4.69, 9.17) is 4.42 Å². The molecule has 1 N–H and O–H groups in total. The molecule has 0 atom stereocenters. The minimum atomic E-state index is -3.26. The molecule has 2 aromatic rings. The number of hydrogen-bond acceptors (Lipinski definition) is 5. The summed E-state index contributed by atoms with van der Waals surface area (Å²) in [6.07, 6.45) is 4.21. The molecule has 164 valence electrons. The van der Waals surface area contributed by atoms with E-state index in [0.717, 1.165) is 29.3 Å². The summed E-state index contributed by atoms with van der Waals surface area (Å²) in [4.78, 5) is 12.4. The molecule has 0 unspecified atom stereocenters. The van der Waals surface area contributed by atoms with Crippen molar-refractivity contribution in [2.24, 2.45) is 5.92 Å². The van der Waals surface area contributed by atoms with Gasteiger partial charge in [-0.3, -0.25) is 4.79 Å². The number of carbonyl (C=O) groups is 1. The van der Waals surface area contributed by atoms with Gasteiger partial charge < -0.3 is 9.73 Å². The van der Waals surface area contributed by atoms with E-state index < -0.39 is 10.0 Å². The zero-order chi connectivity index (χ0) is 21.2. The molecule has 1 aromatic carbocycles. The van der Waals surface area contributed by atoms with Gasteiger partial charge in [0.15, 0.2) is 0 Å². The Morgan fingerprint density at radius 2 is 1.90 bits per heavy atom. The molecule has 1 aliphatic rings. The molecule has 3 rings (SSSR count). The molecule has 1 aromatic heterocycles. The van der Waals surface area contributed by atoms with Crippen LogP contribution in [0.3, 0.4) is 0 Å². The van der Waals surface area contributed by atoms with E-state index >= 15 is 0 Å². The van der Waals surface area contributed by atoms with E-state index in [1.807, 2.05) is 42.5 Å². The molecular formula is C22H30N2O4S2. The van der Waals surface area contributed by atoms with Crippen molar-refractivity contribution in [3.63, 3.8) is 0 Å². The van der Waals surface area contributed by atoms with E-state index in [2.05, 4.69) is 5.32 Å². The maximum atomic E-state index is 12.6. The van der Waals surface area contributed by atoms with Crippen molar-refractivity contribution in [2.75, 3.05) is 31.1 Å². The third kappa shape index (κ3) is 7.18. The monoisotopic (exact) mass is 450 g/mol. The first kappa shape index (κ1) is 22.9. The smallest absolute Gasteiger partial charge is 0.223 e. The normalized spacial score (nSPS) is 15.9. The molecule has 0 spiro atoms. The average Bonchev–Trinajstić information content (AvgIpc) is 3.28. The number of benzene rings is 1. The van der Waals surface area contributed by atoms with Crippen LogP contribution in [0.15, 0.2) is 53.1 Å². The molecule has 0 saturated carbocycles. The van der Waals surface area contributed by atoms with Crippen LogP contribution in [0.25, 0.3) is 0 Å². The van der Waals surface area contributed by atoms with Crippen molar-refractivity contribution in [1.82, 2.24) is 9.62 Å². The average molecular weight is 451 g/mol. The number of nitrogens with one attached hydrogen (secondary N) is 1. The van der Waals surface area contributed by atoms with Crippen molar-refractivity contribution in [2.45, 2.75) is 31.4 Å². The lowest BCUT2D eigenvalue weighted by Gasteiger charge is -2.30. The summed E-state index contributed by atoms with van der Waals surface area (Å²) in [5, 5.41) is 2.98. The van der Waals surface area contributed by atoms with Gasteiger partial charge in [0.1, 0.15) is 5.76 Å². The quantitative estimate of drug-likeness (QED) is 0.532. The Balaban J connectivity index is 1.31. The highest BCUT2D eigenvalue weighted by Gasteiger charge is 2.30. The Morgan fingerprint density at radius 1 is 1.13 bits per heavy atom. The highest BCUT2D eigenvalue weighted by Crippen LogP contribution is 2.21. The number of piperidine rings is 1. The number of nitrogens with zero attached hydrogens (tertiary/aromatic N) is 1. The van der Waals surface area contributed by atoms with Gasteiger partial charge in [0.25, 0.3) is 0 Å². The predicted octanol–water partition coefficient (Wildman–Crippen LogP) is 3.30. The molecule has 0 aliphatic carbocycles. The highest BCUT2D eigenvalue weighted by molar-refractivity contribution is 7.98. The third-order valence-corrected chi connectivity index (χ3v) is 8.24. The Hall–Kier alpha value is -1.77. The molecule has 0 radical (unpaired) electrons. The van der Waals surface area contributed by atoms with Gasteiger partial charge in [0, 0.05) is 31.3 Å². The Morgan fingerprint density at radius 3 is 2.60 bits per heavy atom. The second kappa shape index (κ2) is 11.6. The SMILES string of the molecule is O=C(NCCSCc1ccco1)C1CCN(S(=O)(=O)CCCc2ccccc2)CC1. The van der Waals surface area contributed by atoms with Gasteiger partial charge in [-0.15, -0.1) is 0 Å². The second-order valence-electron chi connectivity index (χ2n) is 7.50. The molecule has 6 nitrogen and oxygen atoms in total. The third-order valence-electron chi connectivity index (χ3n) is 5.30. The van der Waals surface area contributed by atoms with Gasteiger partial charge in [-0.25, -0.2) is 12.7 Å². The second-order valence-corrected chi connectivity index (χ2v) is 10.7. The summed E-state index contributed by atoms with van der Waals surface area (Å²) < 4.78 is 32.1. The maximum absolute atomic E-state index is 12.6. The Bertz CT molecular complexity index is 862. The van der Waals surface area contributed by atoms with Crippen molar-refractivity contribution in [1.29, 1.82) is 0 Å². The van der Waals surface area contributed by atoms with Gasteiger partial charge in [0.05, 0.1) is 17.8 Å². The summed E-state index contributed by atoms with van der Waals surface area (Å²) in [6, 6.07) is 13.7. The number of thioether (sulfide) groups is 1. The molecule has 1 fully saturated rings. The van der Waals surface area contributed by atoms with Crippen LogP contribution in [0.5, 0.6) is 0 Å². The minimum absolute atomic E-state index is 0.0368. The van der Waals surface area contributed by atoms with E-state index in [1.165, 1.54) is 0 Å². The summed E-state index contributed by atoms with van der Waals surface area (Å²) in [6.45, 7) is 1.47. The van der Waals surface area contributed by atoms with Crippen LogP contribution < -0.4 is 5.32 Å². The zero-order valence-electron chi connectivity index (χ0n) is 17.2. The topological polar surface area (TPSA) is 79.6 Å². The summed E-state index contributed by atoms with van der Waals surface area (Å²) >= 11 is 1.71. The molecule has 2 heterocycles. The molecule has 30 heavy (non-hydrogen) atoms. The van der Waals surface area contributed by atoms with Crippen LogP contribution in [0, 0.1) is 5.92 Å². The fourth-order valence-electron chi connectivity index (χ4n) is 3.59. The first-order valence-electron chi connectivity index (χ1n) is 10.4. The van der Waals surface area contributed by atoms with Crippen LogP contribution >= 0.6 is 11.8 Å². The molecular weight excluding hydrogens is 420 g/mol. The molecule has 1 saturated heterocycles. The number of hydrogen-bond donors (Lipinski definition) is 1. The summed E-state index contributed by atoms with van der Waals surface area (Å²) in [7, 11) is -3.26. The van der Waals surface area contributed by atoms with E-state index in [0.29, 0.717) is 38.9 Å². The Labute approximate surface area is 183 Å². The summed E-state index contributed by atoms with van der Waals surface area (Å²) in [5.41, 5.74) is 1.16. The lowest BCUT2D eigenvalue weighted by atomic mass is 9.97. The molecule has 1 aliphatic heterocycles. The van der Waals surface area contributed by atoms with E-state index in [9.17, 15) is 13.2 Å². The van der Waals surface area contributed by atoms with Crippen LogP contribution in [-0.4, -0.2) is 49.8 Å². The van der Waals surface area contributed by atoms with Gasteiger partial charge >= 0.3 is 0 Å².